The van der Waals surface area contributed by atoms with E-state index in [1.807, 2.05) is 0 Å². The van der Waals surface area contributed by atoms with Crippen LogP contribution >= 0.6 is 0 Å². The summed E-state index contributed by atoms with van der Waals surface area (Å²) >= 11 is 0. The fourth-order valence-electron chi connectivity index (χ4n) is 3.60. The first-order chi connectivity index (χ1) is 9.34. The zero-order valence-electron chi connectivity index (χ0n) is 11.5. The van der Waals surface area contributed by atoms with Gasteiger partial charge in [0.05, 0.1) is 5.92 Å². The van der Waals surface area contributed by atoms with Crippen LogP contribution in [0.4, 0.5) is 0 Å². The summed E-state index contributed by atoms with van der Waals surface area (Å²) in [6.45, 7) is 1.73. The molecule has 1 atom stereocenters. The Morgan fingerprint density at radius 2 is 1.95 bits per heavy atom. The molecule has 1 aliphatic heterocycles. The van der Waals surface area contributed by atoms with Gasteiger partial charge in [0.15, 0.2) is 0 Å². The normalized spacial score (nSPS) is 23.9. The highest BCUT2D eigenvalue weighted by Crippen LogP contribution is 2.31. The van der Waals surface area contributed by atoms with Gasteiger partial charge in [0.1, 0.15) is 5.78 Å². The Kier molecular flexibility index (Phi) is 3.97. The van der Waals surface area contributed by atoms with E-state index in [4.69, 9.17) is 0 Å². The van der Waals surface area contributed by atoms with Gasteiger partial charge in [0.2, 0.25) is 0 Å². The molecule has 2 aliphatic rings. The molecule has 2 nitrogen and oxygen atoms in total. The van der Waals surface area contributed by atoms with Gasteiger partial charge in [-0.15, -0.1) is 0 Å². The Morgan fingerprint density at radius 1 is 1.16 bits per heavy atom. The number of nitrogens with one attached hydrogen (secondary N) is 1. The fourth-order valence-corrected chi connectivity index (χ4v) is 3.60. The van der Waals surface area contributed by atoms with Crippen LogP contribution in [0.5, 0.6) is 0 Å². The number of rotatable bonds is 3. The standard InChI is InChI=1S/C17H23NO/c19-17(10-13-6-2-1-3-7-13)16-12-18-11-14-8-4-5-9-15(14)16/h4-5,8-9,13,16,18H,1-3,6-7,10-12H2. The molecule has 0 radical (unpaired) electrons. The summed E-state index contributed by atoms with van der Waals surface area (Å²) in [5.74, 6) is 1.19. The monoisotopic (exact) mass is 257 g/mol. The summed E-state index contributed by atoms with van der Waals surface area (Å²) in [5, 5.41) is 3.39. The highest BCUT2D eigenvalue weighted by atomic mass is 16.1. The highest BCUT2D eigenvalue weighted by Gasteiger charge is 2.28. The van der Waals surface area contributed by atoms with Crippen LogP contribution < -0.4 is 5.32 Å². The van der Waals surface area contributed by atoms with Crippen molar-refractivity contribution in [2.75, 3.05) is 6.54 Å². The first-order valence-electron chi connectivity index (χ1n) is 7.66. The summed E-state index contributed by atoms with van der Waals surface area (Å²) < 4.78 is 0. The molecule has 1 aromatic carbocycles. The average Bonchev–Trinajstić information content (AvgIpc) is 2.47. The van der Waals surface area contributed by atoms with Crippen LogP contribution in [0, 0.1) is 5.92 Å². The molecule has 3 rings (SSSR count). The smallest absolute Gasteiger partial charge is 0.141 e. The van der Waals surface area contributed by atoms with E-state index in [0.717, 1.165) is 19.5 Å². The second kappa shape index (κ2) is 5.87. The molecular weight excluding hydrogens is 234 g/mol. The quantitative estimate of drug-likeness (QED) is 0.899. The van der Waals surface area contributed by atoms with E-state index in [0.29, 0.717) is 11.7 Å². The summed E-state index contributed by atoms with van der Waals surface area (Å²) in [6.07, 6.45) is 7.30. The number of carbonyl (C=O) groups is 1. The number of Topliss-reactive ketones (excluding diaryl/α,β-unsaturated/α-hetero) is 1. The summed E-state index contributed by atoms with van der Waals surface area (Å²) in [5.41, 5.74) is 2.57. The van der Waals surface area contributed by atoms with Gasteiger partial charge < -0.3 is 5.32 Å². The predicted molar refractivity (Wildman–Crippen MR) is 77.1 cm³/mol. The van der Waals surface area contributed by atoms with E-state index < -0.39 is 0 Å². The van der Waals surface area contributed by atoms with Gasteiger partial charge in [-0.25, -0.2) is 0 Å². The molecule has 0 saturated heterocycles. The predicted octanol–water partition coefficient (Wildman–Crippen LogP) is 3.41. The fraction of sp³-hybridized carbons (Fsp3) is 0.588. The Balaban J connectivity index is 1.70. The molecule has 1 saturated carbocycles. The minimum absolute atomic E-state index is 0.0897. The molecule has 2 heteroatoms. The van der Waals surface area contributed by atoms with Crippen LogP contribution in [0.3, 0.4) is 0 Å². The largest absolute Gasteiger partial charge is 0.312 e. The minimum Gasteiger partial charge on any atom is -0.312 e. The number of carbonyl (C=O) groups excluding carboxylic acids is 1. The molecule has 0 bridgehead atoms. The molecule has 0 spiro atoms. The number of hydrogen-bond donors (Lipinski definition) is 1. The lowest BCUT2D eigenvalue weighted by atomic mass is 9.80. The van der Waals surface area contributed by atoms with Crippen LogP contribution in [0.15, 0.2) is 24.3 Å². The van der Waals surface area contributed by atoms with Crippen LogP contribution in [0.1, 0.15) is 55.6 Å². The Labute approximate surface area is 115 Å². The molecule has 1 aromatic rings. The second-order valence-electron chi connectivity index (χ2n) is 6.06. The zero-order valence-corrected chi connectivity index (χ0v) is 11.5. The van der Waals surface area contributed by atoms with Crippen molar-refractivity contribution < 1.29 is 4.79 Å². The molecule has 1 unspecified atom stereocenters. The molecule has 1 N–H and O–H groups in total. The van der Waals surface area contributed by atoms with Crippen molar-refractivity contribution in [2.24, 2.45) is 5.92 Å². The summed E-state index contributed by atoms with van der Waals surface area (Å²) in [7, 11) is 0. The van der Waals surface area contributed by atoms with Crippen molar-refractivity contribution >= 4 is 5.78 Å². The van der Waals surface area contributed by atoms with Gasteiger partial charge >= 0.3 is 0 Å². The highest BCUT2D eigenvalue weighted by molar-refractivity contribution is 5.86. The van der Waals surface area contributed by atoms with Gasteiger partial charge in [0, 0.05) is 19.5 Å². The zero-order chi connectivity index (χ0) is 13.1. The third-order valence-electron chi connectivity index (χ3n) is 4.70. The molecule has 0 amide bonds. The Hall–Kier alpha value is -1.15. The van der Waals surface area contributed by atoms with Crippen molar-refractivity contribution in [2.45, 2.75) is 51.0 Å². The third kappa shape index (κ3) is 2.89. The van der Waals surface area contributed by atoms with E-state index >= 15 is 0 Å². The molecule has 1 heterocycles. The Morgan fingerprint density at radius 3 is 2.79 bits per heavy atom. The first kappa shape index (κ1) is 12.9. The molecular formula is C17H23NO. The molecule has 19 heavy (non-hydrogen) atoms. The summed E-state index contributed by atoms with van der Waals surface area (Å²) in [6, 6.07) is 8.40. The van der Waals surface area contributed by atoms with Gasteiger partial charge in [-0.3, -0.25) is 4.79 Å². The Bertz CT molecular complexity index is 448. The maximum atomic E-state index is 12.6. The van der Waals surface area contributed by atoms with E-state index in [2.05, 4.69) is 29.6 Å². The minimum atomic E-state index is 0.0897. The number of hydrogen-bond acceptors (Lipinski definition) is 2. The van der Waals surface area contributed by atoms with Gasteiger partial charge in [0.25, 0.3) is 0 Å². The second-order valence-corrected chi connectivity index (χ2v) is 6.06. The SMILES string of the molecule is O=C(CC1CCCCC1)C1CNCc2ccccc21. The van der Waals surface area contributed by atoms with Crippen LogP contribution in [0.2, 0.25) is 0 Å². The number of fused-ring (bicyclic) bond motifs is 1. The van der Waals surface area contributed by atoms with E-state index in [1.54, 1.807) is 0 Å². The molecule has 1 fully saturated rings. The van der Waals surface area contributed by atoms with Gasteiger partial charge in [-0.2, -0.15) is 0 Å². The van der Waals surface area contributed by atoms with Crippen molar-refractivity contribution in [3.8, 4) is 0 Å². The lowest BCUT2D eigenvalue weighted by Gasteiger charge is -2.28. The maximum absolute atomic E-state index is 12.6. The van der Waals surface area contributed by atoms with Crippen molar-refractivity contribution in [1.29, 1.82) is 0 Å². The topological polar surface area (TPSA) is 29.1 Å². The van der Waals surface area contributed by atoms with Crippen LogP contribution in [-0.4, -0.2) is 12.3 Å². The lowest BCUT2D eigenvalue weighted by Crippen LogP contribution is -2.33. The molecule has 102 valence electrons. The average molecular weight is 257 g/mol. The van der Waals surface area contributed by atoms with Crippen molar-refractivity contribution in [1.82, 2.24) is 5.32 Å². The van der Waals surface area contributed by atoms with Crippen LogP contribution in [0.25, 0.3) is 0 Å². The lowest BCUT2D eigenvalue weighted by molar-refractivity contribution is -0.121. The summed E-state index contributed by atoms with van der Waals surface area (Å²) in [4.78, 5) is 12.6. The third-order valence-corrected chi connectivity index (χ3v) is 4.70. The first-order valence-corrected chi connectivity index (χ1v) is 7.66. The van der Waals surface area contributed by atoms with Crippen LogP contribution in [-0.2, 0) is 11.3 Å². The van der Waals surface area contributed by atoms with Gasteiger partial charge in [-0.05, 0) is 17.0 Å². The van der Waals surface area contributed by atoms with E-state index in [1.165, 1.54) is 43.2 Å². The number of ketones is 1. The van der Waals surface area contributed by atoms with Gasteiger partial charge in [-0.1, -0.05) is 56.4 Å². The van der Waals surface area contributed by atoms with E-state index in [-0.39, 0.29) is 5.92 Å². The van der Waals surface area contributed by atoms with Crippen molar-refractivity contribution in [3.63, 3.8) is 0 Å². The maximum Gasteiger partial charge on any atom is 0.141 e. The van der Waals surface area contributed by atoms with E-state index in [9.17, 15) is 4.79 Å². The molecule has 1 aliphatic carbocycles. The number of benzene rings is 1. The molecule has 0 aromatic heterocycles. The van der Waals surface area contributed by atoms with Crippen molar-refractivity contribution in [3.05, 3.63) is 35.4 Å².